The fourth-order valence-electron chi connectivity index (χ4n) is 2.49. The van der Waals surface area contributed by atoms with Gasteiger partial charge in [-0.2, -0.15) is 0 Å². The number of urea groups is 1. The highest BCUT2D eigenvalue weighted by molar-refractivity contribution is 5.74. The third kappa shape index (κ3) is 5.65. The number of likely N-dealkylation sites (N-methyl/N-ethyl adjacent to an activating group) is 1. The van der Waals surface area contributed by atoms with Crippen molar-refractivity contribution in [2.24, 2.45) is 0 Å². The second-order valence-corrected chi connectivity index (χ2v) is 6.12. The number of carbonyl (C=O) groups is 1. The van der Waals surface area contributed by atoms with Crippen molar-refractivity contribution in [3.63, 3.8) is 0 Å². The molecule has 0 radical (unpaired) electrons. The molecule has 2 aromatic rings. The van der Waals surface area contributed by atoms with Gasteiger partial charge >= 0.3 is 6.03 Å². The first-order valence-electron chi connectivity index (χ1n) is 8.74. The van der Waals surface area contributed by atoms with Crippen molar-refractivity contribution in [1.29, 1.82) is 0 Å². The molecule has 0 spiro atoms. The number of aryl methyl sites for hydroxylation is 1. The Morgan fingerprint density at radius 3 is 2.73 bits per heavy atom. The first kappa shape index (κ1) is 19.6. The predicted octanol–water partition coefficient (Wildman–Crippen LogP) is 3.57. The summed E-state index contributed by atoms with van der Waals surface area (Å²) in [5.41, 5.74) is 2.00. The van der Waals surface area contributed by atoms with E-state index in [0.717, 1.165) is 23.4 Å². The molecule has 1 aromatic heterocycles. The van der Waals surface area contributed by atoms with E-state index in [2.05, 4.69) is 10.3 Å². The monoisotopic (exact) mass is 357 g/mol. The zero-order valence-electron chi connectivity index (χ0n) is 15.9. The Balaban J connectivity index is 1.84. The van der Waals surface area contributed by atoms with Crippen molar-refractivity contribution in [2.75, 3.05) is 27.3 Å². The van der Waals surface area contributed by atoms with E-state index in [1.54, 1.807) is 25.3 Å². The lowest BCUT2D eigenvalue weighted by molar-refractivity contribution is 0.191. The molecule has 6 nitrogen and oxygen atoms in total. The van der Waals surface area contributed by atoms with Gasteiger partial charge in [0.15, 0.2) is 0 Å². The van der Waals surface area contributed by atoms with E-state index in [4.69, 9.17) is 9.47 Å². The molecule has 0 saturated carbocycles. The Morgan fingerprint density at radius 1 is 1.27 bits per heavy atom. The number of ether oxygens (including phenoxy) is 2. The van der Waals surface area contributed by atoms with Crippen LogP contribution in [0.5, 0.6) is 11.5 Å². The van der Waals surface area contributed by atoms with Gasteiger partial charge in [0.25, 0.3) is 0 Å². The summed E-state index contributed by atoms with van der Waals surface area (Å²) in [5, 5.41) is 3.03. The highest BCUT2D eigenvalue weighted by Crippen LogP contribution is 2.19. The molecule has 0 aliphatic carbocycles. The lowest BCUT2D eigenvalue weighted by atomic mass is 10.1. The van der Waals surface area contributed by atoms with E-state index in [0.29, 0.717) is 18.9 Å². The molecule has 1 N–H and O–H groups in total. The Kier molecular flexibility index (Phi) is 7.26. The molecule has 1 aromatic carbocycles. The van der Waals surface area contributed by atoms with Crippen molar-refractivity contribution in [3.8, 4) is 11.5 Å². The molecule has 6 heteroatoms. The summed E-state index contributed by atoms with van der Waals surface area (Å²) in [5.74, 6) is 1.46. The van der Waals surface area contributed by atoms with E-state index >= 15 is 0 Å². The number of nitrogens with one attached hydrogen (secondary N) is 1. The largest absolute Gasteiger partial charge is 0.497 e. The highest BCUT2D eigenvalue weighted by Gasteiger charge is 2.16. The Bertz CT molecular complexity index is 721. The van der Waals surface area contributed by atoms with Gasteiger partial charge in [0.1, 0.15) is 18.1 Å². The second-order valence-electron chi connectivity index (χ2n) is 6.12. The molecule has 0 unspecified atom stereocenters. The smallest absolute Gasteiger partial charge is 0.317 e. The third-order valence-electron chi connectivity index (χ3n) is 4.08. The molecule has 2 amide bonds. The molecule has 26 heavy (non-hydrogen) atoms. The number of amides is 2. The van der Waals surface area contributed by atoms with Gasteiger partial charge in [0.2, 0.25) is 0 Å². The number of methoxy groups -OCH3 is 1. The standard InChI is InChI=1S/C20H27N3O3/c1-5-18(19-13-15(2)9-10-21-19)22-20(24)23(3)11-12-26-17-8-6-7-16(14-17)25-4/h6-10,13-14,18H,5,11-12H2,1-4H3,(H,22,24)/t18-/m1/s1. The van der Waals surface area contributed by atoms with Crippen LogP contribution in [0.2, 0.25) is 0 Å². The summed E-state index contributed by atoms with van der Waals surface area (Å²) in [7, 11) is 3.37. The molecule has 0 bridgehead atoms. The van der Waals surface area contributed by atoms with Crippen LogP contribution in [0.4, 0.5) is 4.79 Å². The summed E-state index contributed by atoms with van der Waals surface area (Å²) in [6.45, 7) is 4.92. The van der Waals surface area contributed by atoms with Crippen molar-refractivity contribution < 1.29 is 14.3 Å². The van der Waals surface area contributed by atoms with E-state index in [1.165, 1.54) is 0 Å². The van der Waals surface area contributed by atoms with Crippen molar-refractivity contribution in [1.82, 2.24) is 15.2 Å². The number of hydrogen-bond donors (Lipinski definition) is 1. The molecule has 0 aliphatic heterocycles. The maximum atomic E-state index is 12.4. The molecular formula is C20H27N3O3. The molecule has 0 saturated heterocycles. The van der Waals surface area contributed by atoms with Crippen LogP contribution in [0, 0.1) is 6.92 Å². The van der Waals surface area contributed by atoms with E-state index < -0.39 is 0 Å². The van der Waals surface area contributed by atoms with Gasteiger partial charge < -0.3 is 19.7 Å². The minimum Gasteiger partial charge on any atom is -0.497 e. The van der Waals surface area contributed by atoms with Crippen molar-refractivity contribution >= 4 is 6.03 Å². The molecule has 0 aliphatic rings. The molecule has 2 rings (SSSR count). The summed E-state index contributed by atoms with van der Waals surface area (Å²) >= 11 is 0. The average molecular weight is 357 g/mol. The number of pyridine rings is 1. The summed E-state index contributed by atoms with van der Waals surface area (Å²) in [6, 6.07) is 11.1. The average Bonchev–Trinajstić information content (AvgIpc) is 2.65. The van der Waals surface area contributed by atoms with E-state index in [9.17, 15) is 4.79 Å². The van der Waals surface area contributed by atoms with Gasteiger partial charge in [-0.25, -0.2) is 4.79 Å². The van der Waals surface area contributed by atoms with E-state index in [1.807, 2.05) is 50.2 Å². The maximum Gasteiger partial charge on any atom is 0.317 e. The molecular weight excluding hydrogens is 330 g/mol. The zero-order valence-corrected chi connectivity index (χ0v) is 15.9. The van der Waals surface area contributed by atoms with Gasteiger partial charge in [0.05, 0.1) is 25.4 Å². The lowest BCUT2D eigenvalue weighted by Gasteiger charge is -2.23. The maximum absolute atomic E-state index is 12.4. The van der Waals surface area contributed by atoms with Crippen molar-refractivity contribution in [2.45, 2.75) is 26.3 Å². The fourth-order valence-corrected chi connectivity index (χ4v) is 2.49. The normalized spacial score (nSPS) is 11.5. The highest BCUT2D eigenvalue weighted by atomic mass is 16.5. The number of rotatable bonds is 8. The minimum absolute atomic E-state index is 0.107. The number of benzene rings is 1. The van der Waals surface area contributed by atoms with Crippen LogP contribution in [0.3, 0.4) is 0 Å². The van der Waals surface area contributed by atoms with Crippen LogP contribution in [0.1, 0.15) is 30.6 Å². The van der Waals surface area contributed by atoms with Crippen LogP contribution in [0.15, 0.2) is 42.6 Å². The van der Waals surface area contributed by atoms with Gasteiger partial charge in [-0.3, -0.25) is 4.98 Å². The Morgan fingerprint density at radius 2 is 2.04 bits per heavy atom. The minimum atomic E-state index is -0.144. The van der Waals surface area contributed by atoms with E-state index in [-0.39, 0.29) is 12.1 Å². The second kappa shape index (κ2) is 9.65. The number of hydrogen-bond acceptors (Lipinski definition) is 4. The number of carbonyl (C=O) groups excluding carboxylic acids is 1. The fraction of sp³-hybridized carbons (Fsp3) is 0.400. The van der Waals surface area contributed by atoms with Crippen molar-refractivity contribution in [3.05, 3.63) is 53.9 Å². The first-order chi connectivity index (χ1) is 12.5. The van der Waals surface area contributed by atoms with Gasteiger partial charge in [0, 0.05) is 19.3 Å². The lowest BCUT2D eigenvalue weighted by Crippen LogP contribution is -2.41. The van der Waals surface area contributed by atoms with Gasteiger partial charge in [-0.15, -0.1) is 0 Å². The topological polar surface area (TPSA) is 63.7 Å². The van der Waals surface area contributed by atoms with Crippen LogP contribution in [-0.2, 0) is 0 Å². The quantitative estimate of drug-likeness (QED) is 0.784. The molecule has 1 heterocycles. The first-order valence-corrected chi connectivity index (χ1v) is 8.74. The van der Waals surface area contributed by atoms with Crippen LogP contribution in [-0.4, -0.2) is 43.2 Å². The number of aromatic nitrogens is 1. The van der Waals surface area contributed by atoms with Crippen LogP contribution < -0.4 is 14.8 Å². The molecule has 1 atom stereocenters. The Hall–Kier alpha value is -2.76. The predicted molar refractivity (Wildman–Crippen MR) is 102 cm³/mol. The summed E-state index contributed by atoms with van der Waals surface area (Å²) < 4.78 is 10.9. The zero-order chi connectivity index (χ0) is 18.9. The summed E-state index contributed by atoms with van der Waals surface area (Å²) in [6.07, 6.45) is 2.54. The van der Waals surface area contributed by atoms with Gasteiger partial charge in [-0.1, -0.05) is 13.0 Å². The summed E-state index contributed by atoms with van der Waals surface area (Å²) in [4.78, 5) is 18.4. The molecule has 0 fully saturated rings. The Labute approximate surface area is 155 Å². The third-order valence-corrected chi connectivity index (χ3v) is 4.08. The SMILES string of the molecule is CC[C@@H](NC(=O)N(C)CCOc1cccc(OC)c1)c1cc(C)ccn1. The number of nitrogens with zero attached hydrogens (tertiary/aromatic N) is 2. The van der Waals surface area contributed by atoms with Crippen LogP contribution in [0.25, 0.3) is 0 Å². The molecule has 140 valence electrons. The van der Waals surface area contributed by atoms with Crippen LogP contribution >= 0.6 is 0 Å². The van der Waals surface area contributed by atoms with Gasteiger partial charge in [-0.05, 0) is 43.2 Å².